The Morgan fingerprint density at radius 2 is 2.23 bits per heavy atom. The van der Waals surface area contributed by atoms with Crippen molar-refractivity contribution in [2.45, 2.75) is 31.9 Å². The zero-order chi connectivity index (χ0) is 15.7. The highest BCUT2D eigenvalue weighted by molar-refractivity contribution is 5.97. The molecule has 2 aromatic rings. The van der Waals surface area contributed by atoms with Crippen molar-refractivity contribution >= 4 is 22.4 Å². The number of allylic oxidation sites excluding steroid dienone is 2. The molecule has 0 amide bonds. The minimum atomic E-state index is -1.11. The number of hydrogen-bond donors (Lipinski definition) is 0. The number of alkyl halides is 1. The van der Waals surface area contributed by atoms with Gasteiger partial charge in [0.15, 0.2) is 0 Å². The number of esters is 1. The van der Waals surface area contributed by atoms with Crippen LogP contribution in [-0.2, 0) is 4.74 Å². The third kappa shape index (κ3) is 2.73. The number of carbonyl (C=O) groups is 1. The first-order chi connectivity index (χ1) is 10.5. The molecule has 1 atom stereocenters. The van der Waals surface area contributed by atoms with Crippen molar-refractivity contribution in [3.63, 3.8) is 0 Å². The Labute approximate surface area is 128 Å². The lowest BCUT2D eigenvalue weighted by Gasteiger charge is -2.25. The van der Waals surface area contributed by atoms with E-state index < -0.39 is 11.6 Å². The normalized spacial score (nSPS) is 21.5. The van der Waals surface area contributed by atoms with E-state index in [0.717, 1.165) is 22.0 Å². The summed E-state index contributed by atoms with van der Waals surface area (Å²) < 4.78 is 18.7. The molecule has 22 heavy (non-hydrogen) atoms. The third-order valence-electron chi connectivity index (χ3n) is 4.17. The molecule has 114 valence electrons. The molecule has 0 aliphatic heterocycles. The summed E-state index contributed by atoms with van der Waals surface area (Å²) in [5.41, 5.74) is 2.30. The topological polar surface area (TPSA) is 39.2 Å². The predicted molar refractivity (Wildman–Crippen MR) is 84.4 cm³/mol. The highest BCUT2D eigenvalue weighted by atomic mass is 19.1. The van der Waals surface area contributed by atoms with Crippen LogP contribution in [0.3, 0.4) is 0 Å². The van der Waals surface area contributed by atoms with Gasteiger partial charge in [-0.2, -0.15) is 0 Å². The molecular formula is C18H18FNO2. The molecular weight excluding hydrogens is 281 g/mol. The van der Waals surface area contributed by atoms with Crippen LogP contribution in [-0.4, -0.2) is 23.7 Å². The molecule has 1 aliphatic carbocycles. The predicted octanol–water partition coefficient (Wildman–Crippen LogP) is 4.32. The van der Waals surface area contributed by atoms with Gasteiger partial charge in [-0.25, -0.2) is 9.18 Å². The molecule has 1 aliphatic rings. The van der Waals surface area contributed by atoms with Crippen molar-refractivity contribution in [2.75, 3.05) is 7.11 Å². The number of benzene rings is 1. The van der Waals surface area contributed by atoms with E-state index in [4.69, 9.17) is 4.74 Å². The van der Waals surface area contributed by atoms with Crippen LogP contribution in [0.4, 0.5) is 4.39 Å². The first-order valence-corrected chi connectivity index (χ1v) is 7.35. The number of aromatic nitrogens is 1. The summed E-state index contributed by atoms with van der Waals surface area (Å²) in [6.45, 7) is 1.64. The lowest BCUT2D eigenvalue weighted by molar-refractivity contribution is 0.0600. The van der Waals surface area contributed by atoms with Gasteiger partial charge in [-0.1, -0.05) is 24.3 Å². The summed E-state index contributed by atoms with van der Waals surface area (Å²) in [4.78, 5) is 16.0. The van der Waals surface area contributed by atoms with Gasteiger partial charge in [0, 0.05) is 17.1 Å². The minimum Gasteiger partial charge on any atom is -0.465 e. The third-order valence-corrected chi connectivity index (χ3v) is 4.17. The van der Waals surface area contributed by atoms with Crippen LogP contribution in [0.2, 0.25) is 0 Å². The van der Waals surface area contributed by atoms with Crippen molar-refractivity contribution in [3.05, 3.63) is 47.7 Å². The van der Waals surface area contributed by atoms with Crippen molar-refractivity contribution < 1.29 is 13.9 Å². The number of fused-ring (bicyclic) bond motifs is 1. The number of pyridine rings is 1. The highest BCUT2D eigenvalue weighted by Crippen LogP contribution is 2.36. The number of hydrogen-bond acceptors (Lipinski definition) is 3. The number of ether oxygens (including phenoxy) is 1. The SMILES string of the molecule is COC(=O)c1cnc2c(C3=CCC(C)(F)CC3)cccc2c1. The van der Waals surface area contributed by atoms with Crippen LogP contribution >= 0.6 is 0 Å². The van der Waals surface area contributed by atoms with Gasteiger partial charge in [0.2, 0.25) is 0 Å². The monoisotopic (exact) mass is 299 g/mol. The van der Waals surface area contributed by atoms with Crippen LogP contribution in [0, 0.1) is 0 Å². The highest BCUT2D eigenvalue weighted by Gasteiger charge is 2.26. The van der Waals surface area contributed by atoms with E-state index in [2.05, 4.69) is 4.98 Å². The summed E-state index contributed by atoms with van der Waals surface area (Å²) in [5.74, 6) is -0.398. The summed E-state index contributed by atoms with van der Waals surface area (Å²) >= 11 is 0. The number of halogens is 1. The van der Waals surface area contributed by atoms with Crippen LogP contribution < -0.4 is 0 Å². The fraction of sp³-hybridized carbons (Fsp3) is 0.333. The van der Waals surface area contributed by atoms with E-state index in [0.29, 0.717) is 24.8 Å². The lowest BCUT2D eigenvalue weighted by atomic mass is 9.85. The van der Waals surface area contributed by atoms with E-state index in [1.54, 1.807) is 13.0 Å². The molecule has 0 saturated heterocycles. The number of carbonyl (C=O) groups excluding carboxylic acids is 1. The first kappa shape index (κ1) is 14.7. The number of rotatable bonds is 2. The van der Waals surface area contributed by atoms with Gasteiger partial charge in [0.1, 0.15) is 5.67 Å². The summed E-state index contributed by atoms with van der Waals surface area (Å²) in [6, 6.07) is 7.63. The first-order valence-electron chi connectivity index (χ1n) is 7.35. The molecule has 1 heterocycles. The average molecular weight is 299 g/mol. The summed E-state index contributed by atoms with van der Waals surface area (Å²) in [7, 11) is 1.35. The van der Waals surface area contributed by atoms with Crippen molar-refractivity contribution in [2.24, 2.45) is 0 Å². The fourth-order valence-electron chi connectivity index (χ4n) is 2.83. The van der Waals surface area contributed by atoms with Crippen molar-refractivity contribution in [1.82, 2.24) is 4.98 Å². The lowest BCUT2D eigenvalue weighted by Crippen LogP contribution is -2.20. The standard InChI is InChI=1S/C18H18FNO2/c1-18(19)8-6-12(7-9-18)15-5-3-4-13-10-14(17(21)22-2)11-20-16(13)15/h3-6,10-11H,7-9H2,1-2H3. The smallest absolute Gasteiger partial charge is 0.339 e. The molecule has 3 rings (SSSR count). The Morgan fingerprint density at radius 3 is 2.91 bits per heavy atom. The van der Waals surface area contributed by atoms with Gasteiger partial charge < -0.3 is 4.74 Å². The number of methoxy groups -OCH3 is 1. The molecule has 0 radical (unpaired) electrons. The van der Waals surface area contributed by atoms with Crippen LogP contribution in [0.15, 0.2) is 36.5 Å². The molecule has 4 heteroatoms. The van der Waals surface area contributed by atoms with Crippen LogP contribution in [0.25, 0.3) is 16.5 Å². The van der Waals surface area contributed by atoms with Crippen molar-refractivity contribution in [3.8, 4) is 0 Å². The average Bonchev–Trinajstić information content (AvgIpc) is 2.53. The molecule has 0 spiro atoms. The maximum absolute atomic E-state index is 13.9. The van der Waals surface area contributed by atoms with E-state index in [1.165, 1.54) is 13.3 Å². The Kier molecular flexibility index (Phi) is 3.69. The quantitative estimate of drug-likeness (QED) is 0.775. The van der Waals surface area contributed by atoms with Gasteiger partial charge in [0.05, 0.1) is 18.2 Å². The molecule has 0 N–H and O–H groups in total. The van der Waals surface area contributed by atoms with E-state index in [-0.39, 0.29) is 0 Å². The van der Waals surface area contributed by atoms with Gasteiger partial charge in [0.25, 0.3) is 0 Å². The van der Waals surface area contributed by atoms with E-state index >= 15 is 0 Å². The Bertz CT molecular complexity index is 765. The second-order valence-electron chi connectivity index (χ2n) is 5.94. The molecule has 3 nitrogen and oxygen atoms in total. The van der Waals surface area contributed by atoms with Gasteiger partial charge in [-0.3, -0.25) is 4.98 Å². The van der Waals surface area contributed by atoms with Gasteiger partial charge in [-0.05, 0) is 37.8 Å². The molecule has 1 aromatic carbocycles. The Balaban J connectivity index is 2.05. The van der Waals surface area contributed by atoms with Crippen LogP contribution in [0.1, 0.15) is 42.1 Å². The Morgan fingerprint density at radius 1 is 1.41 bits per heavy atom. The van der Waals surface area contributed by atoms with Gasteiger partial charge in [-0.15, -0.1) is 0 Å². The number of para-hydroxylation sites is 1. The molecule has 0 bridgehead atoms. The van der Waals surface area contributed by atoms with Crippen molar-refractivity contribution in [1.29, 1.82) is 0 Å². The molecule has 0 fully saturated rings. The fourth-order valence-corrected chi connectivity index (χ4v) is 2.83. The van der Waals surface area contributed by atoms with Crippen LogP contribution in [0.5, 0.6) is 0 Å². The Hall–Kier alpha value is -2.23. The maximum atomic E-state index is 13.9. The summed E-state index contributed by atoms with van der Waals surface area (Å²) in [5, 5.41) is 0.884. The zero-order valence-electron chi connectivity index (χ0n) is 12.7. The minimum absolute atomic E-state index is 0.398. The zero-order valence-corrected chi connectivity index (χ0v) is 12.7. The maximum Gasteiger partial charge on any atom is 0.339 e. The molecule has 0 saturated carbocycles. The number of nitrogens with zero attached hydrogens (tertiary/aromatic N) is 1. The second-order valence-corrected chi connectivity index (χ2v) is 5.94. The largest absolute Gasteiger partial charge is 0.465 e. The van der Waals surface area contributed by atoms with Gasteiger partial charge >= 0.3 is 5.97 Å². The molecule has 1 aromatic heterocycles. The summed E-state index contributed by atoms with van der Waals surface area (Å²) in [6.07, 6.45) is 5.15. The van der Waals surface area contributed by atoms with E-state index in [1.807, 2.05) is 24.3 Å². The van der Waals surface area contributed by atoms with E-state index in [9.17, 15) is 9.18 Å². The second kappa shape index (κ2) is 5.52. The molecule has 1 unspecified atom stereocenters.